The van der Waals surface area contributed by atoms with Crippen LogP contribution in [0.15, 0.2) is 0 Å². The molecule has 2 nitrogen and oxygen atoms in total. The largest absolute Gasteiger partial charge is 0.330 e. The molecule has 0 amide bonds. The summed E-state index contributed by atoms with van der Waals surface area (Å²) >= 11 is 0. The van der Waals surface area contributed by atoms with E-state index in [0.29, 0.717) is 0 Å². The molecule has 0 aromatic carbocycles. The van der Waals surface area contributed by atoms with Crippen molar-refractivity contribution in [2.75, 3.05) is 26.2 Å². The minimum atomic E-state index is 0.872. The van der Waals surface area contributed by atoms with Crippen LogP contribution < -0.4 is 5.73 Å². The van der Waals surface area contributed by atoms with Crippen LogP contribution in [0.2, 0.25) is 0 Å². The van der Waals surface area contributed by atoms with Gasteiger partial charge < -0.3 is 10.6 Å². The number of nitrogens with two attached hydrogens (primary N) is 1. The van der Waals surface area contributed by atoms with Crippen molar-refractivity contribution < 1.29 is 0 Å². The fourth-order valence-corrected chi connectivity index (χ4v) is 4.28. The van der Waals surface area contributed by atoms with Gasteiger partial charge in [0.15, 0.2) is 0 Å². The summed E-state index contributed by atoms with van der Waals surface area (Å²) < 4.78 is 0. The molecule has 0 aliphatic carbocycles. The maximum atomic E-state index is 5.52. The van der Waals surface area contributed by atoms with E-state index in [1.54, 1.807) is 0 Å². The fourth-order valence-electron chi connectivity index (χ4n) is 4.28. The van der Waals surface area contributed by atoms with E-state index in [1.807, 2.05) is 0 Å². The van der Waals surface area contributed by atoms with Gasteiger partial charge in [-0.1, -0.05) is 117 Å². The minimum Gasteiger partial charge on any atom is -0.330 e. The van der Waals surface area contributed by atoms with Crippen LogP contribution in [-0.2, 0) is 0 Å². The summed E-state index contributed by atoms with van der Waals surface area (Å²) in [5, 5.41) is 0. The van der Waals surface area contributed by atoms with Gasteiger partial charge in [0.05, 0.1) is 0 Å². The molecule has 0 fully saturated rings. The monoisotopic (exact) mass is 396 g/mol. The lowest BCUT2D eigenvalue weighted by Gasteiger charge is -2.20. The molecule has 0 spiro atoms. The average Bonchev–Trinajstić information content (AvgIpc) is 2.70. The Balaban J connectivity index is 3.12. The van der Waals surface area contributed by atoms with Gasteiger partial charge in [-0.3, -0.25) is 0 Å². The van der Waals surface area contributed by atoms with E-state index in [0.717, 1.165) is 6.54 Å². The van der Waals surface area contributed by atoms with E-state index in [2.05, 4.69) is 18.7 Å². The fraction of sp³-hybridized carbons (Fsp3) is 1.00. The first-order valence-corrected chi connectivity index (χ1v) is 13.3. The highest BCUT2D eigenvalue weighted by Gasteiger charge is 2.01. The molecule has 2 N–H and O–H groups in total. The maximum absolute atomic E-state index is 5.52. The van der Waals surface area contributed by atoms with E-state index < -0.39 is 0 Å². The molecule has 0 aromatic rings. The van der Waals surface area contributed by atoms with E-state index in [1.165, 1.54) is 148 Å². The van der Waals surface area contributed by atoms with E-state index in [4.69, 9.17) is 5.73 Å². The van der Waals surface area contributed by atoms with Gasteiger partial charge in [-0.05, 0) is 51.9 Å². The van der Waals surface area contributed by atoms with Crippen LogP contribution in [0.5, 0.6) is 0 Å². The molecule has 28 heavy (non-hydrogen) atoms. The van der Waals surface area contributed by atoms with Crippen molar-refractivity contribution in [3.05, 3.63) is 0 Å². The molecule has 0 aliphatic rings. The summed E-state index contributed by atoms with van der Waals surface area (Å²) in [5.74, 6) is 0. The lowest BCUT2D eigenvalue weighted by molar-refractivity contribution is 0.267. The number of hydrogen-bond donors (Lipinski definition) is 1. The van der Waals surface area contributed by atoms with Crippen molar-refractivity contribution in [3.8, 4) is 0 Å². The molecule has 0 atom stereocenters. The smallest absolute Gasteiger partial charge is 0.00187 e. The van der Waals surface area contributed by atoms with Crippen LogP contribution in [0.25, 0.3) is 0 Å². The summed E-state index contributed by atoms with van der Waals surface area (Å²) in [6.07, 6.45) is 28.4. The molecule has 0 rings (SSSR count). The van der Waals surface area contributed by atoms with Gasteiger partial charge in [0.2, 0.25) is 0 Å². The Morgan fingerprint density at radius 1 is 0.393 bits per heavy atom. The first-order valence-electron chi connectivity index (χ1n) is 13.3. The van der Waals surface area contributed by atoms with Crippen molar-refractivity contribution in [1.29, 1.82) is 0 Å². The van der Waals surface area contributed by atoms with Crippen LogP contribution in [0.1, 0.15) is 142 Å². The second-order valence-corrected chi connectivity index (χ2v) is 8.99. The Morgan fingerprint density at radius 2 is 0.679 bits per heavy atom. The van der Waals surface area contributed by atoms with Crippen LogP contribution in [-0.4, -0.2) is 31.1 Å². The number of nitrogens with zero attached hydrogens (tertiary/aromatic N) is 1. The van der Waals surface area contributed by atoms with Crippen molar-refractivity contribution in [2.45, 2.75) is 142 Å². The second-order valence-electron chi connectivity index (χ2n) is 8.99. The standard InChI is InChI=1S/C26H56N2/c1-3-24-28(25-4-2)26-22-20-18-16-14-12-10-8-6-5-7-9-11-13-15-17-19-21-23-27/h3-27H2,1-2H3. The summed E-state index contributed by atoms with van der Waals surface area (Å²) in [7, 11) is 0. The average molecular weight is 397 g/mol. The Bertz CT molecular complexity index is 261. The van der Waals surface area contributed by atoms with Crippen LogP contribution in [0.3, 0.4) is 0 Å². The zero-order valence-corrected chi connectivity index (χ0v) is 20.0. The van der Waals surface area contributed by atoms with Gasteiger partial charge in [-0.15, -0.1) is 0 Å². The lowest BCUT2D eigenvalue weighted by atomic mass is 10.0. The molecular weight excluding hydrogens is 340 g/mol. The van der Waals surface area contributed by atoms with Gasteiger partial charge in [0.25, 0.3) is 0 Å². The van der Waals surface area contributed by atoms with Crippen molar-refractivity contribution in [2.24, 2.45) is 5.73 Å². The van der Waals surface area contributed by atoms with Crippen molar-refractivity contribution >= 4 is 0 Å². The molecule has 0 bridgehead atoms. The summed E-state index contributed by atoms with van der Waals surface area (Å²) in [5.41, 5.74) is 5.52. The maximum Gasteiger partial charge on any atom is -0.00187 e. The normalized spacial score (nSPS) is 11.6. The van der Waals surface area contributed by atoms with Crippen molar-refractivity contribution in [3.63, 3.8) is 0 Å². The first kappa shape index (κ1) is 27.9. The zero-order chi connectivity index (χ0) is 20.5. The molecule has 0 heterocycles. The van der Waals surface area contributed by atoms with Gasteiger partial charge in [0, 0.05) is 0 Å². The highest BCUT2D eigenvalue weighted by atomic mass is 15.1. The van der Waals surface area contributed by atoms with Crippen LogP contribution in [0, 0.1) is 0 Å². The predicted molar refractivity (Wildman–Crippen MR) is 129 cm³/mol. The molecule has 0 aromatic heterocycles. The Kier molecular flexibility index (Phi) is 24.9. The number of hydrogen-bond acceptors (Lipinski definition) is 2. The third kappa shape index (κ3) is 22.2. The quantitative estimate of drug-likeness (QED) is 0.167. The molecule has 0 saturated heterocycles. The van der Waals surface area contributed by atoms with Crippen LogP contribution >= 0.6 is 0 Å². The van der Waals surface area contributed by atoms with E-state index >= 15 is 0 Å². The van der Waals surface area contributed by atoms with Gasteiger partial charge in [-0.2, -0.15) is 0 Å². The lowest BCUT2D eigenvalue weighted by Crippen LogP contribution is -2.26. The molecule has 0 radical (unpaired) electrons. The van der Waals surface area contributed by atoms with E-state index in [9.17, 15) is 0 Å². The summed E-state index contributed by atoms with van der Waals surface area (Å²) in [6, 6.07) is 0. The molecular formula is C26H56N2. The highest BCUT2D eigenvalue weighted by molar-refractivity contribution is 4.57. The zero-order valence-electron chi connectivity index (χ0n) is 20.0. The Morgan fingerprint density at radius 3 is 0.964 bits per heavy atom. The molecule has 170 valence electrons. The Labute approximate surface area is 179 Å². The minimum absolute atomic E-state index is 0.872. The second kappa shape index (κ2) is 25.0. The third-order valence-electron chi connectivity index (χ3n) is 6.01. The summed E-state index contributed by atoms with van der Waals surface area (Å²) in [4.78, 5) is 2.66. The molecule has 0 aliphatic heterocycles. The third-order valence-corrected chi connectivity index (χ3v) is 6.01. The van der Waals surface area contributed by atoms with Gasteiger partial charge in [-0.25, -0.2) is 0 Å². The molecule has 0 unspecified atom stereocenters. The molecule has 0 saturated carbocycles. The number of rotatable bonds is 24. The predicted octanol–water partition coefficient (Wildman–Crippen LogP) is 8.09. The highest BCUT2D eigenvalue weighted by Crippen LogP contribution is 2.14. The van der Waals surface area contributed by atoms with Gasteiger partial charge in [0.1, 0.15) is 0 Å². The Hall–Kier alpha value is -0.0800. The SMILES string of the molecule is CCCN(CCC)CCCCCCCCCCCCCCCCCCCCN. The topological polar surface area (TPSA) is 29.3 Å². The summed E-state index contributed by atoms with van der Waals surface area (Å²) in [6.45, 7) is 9.39. The van der Waals surface area contributed by atoms with E-state index in [-0.39, 0.29) is 0 Å². The van der Waals surface area contributed by atoms with Crippen LogP contribution in [0.4, 0.5) is 0 Å². The van der Waals surface area contributed by atoms with Gasteiger partial charge >= 0.3 is 0 Å². The number of unbranched alkanes of at least 4 members (excludes halogenated alkanes) is 17. The molecule has 2 heteroatoms. The first-order chi connectivity index (χ1) is 13.8. The van der Waals surface area contributed by atoms with Crippen molar-refractivity contribution in [1.82, 2.24) is 4.90 Å².